The Labute approximate surface area is 134 Å². The van der Waals surface area contributed by atoms with Gasteiger partial charge >= 0.3 is 0 Å². The molecule has 0 radical (unpaired) electrons. The first-order chi connectivity index (χ1) is 10.7. The second-order valence-electron chi connectivity index (χ2n) is 4.61. The maximum atomic E-state index is 13.2. The van der Waals surface area contributed by atoms with Crippen molar-refractivity contribution in [3.8, 4) is 17.1 Å². The van der Waals surface area contributed by atoms with Crippen LogP contribution >= 0.6 is 15.9 Å². The minimum atomic E-state index is -0.331. The minimum absolute atomic E-state index is 0.331. The summed E-state index contributed by atoms with van der Waals surface area (Å²) in [5, 5.41) is 12.2. The van der Waals surface area contributed by atoms with Crippen LogP contribution in [0, 0.1) is 5.82 Å². The lowest BCUT2D eigenvalue weighted by molar-refractivity contribution is 0.405. The number of hydrogen-bond donors (Lipinski definition) is 0. The van der Waals surface area contributed by atoms with Crippen molar-refractivity contribution in [2.75, 3.05) is 7.11 Å². The monoisotopic (exact) mass is 362 g/mol. The van der Waals surface area contributed by atoms with Gasteiger partial charge in [0.1, 0.15) is 11.6 Å². The Balaban J connectivity index is 1.87. The fourth-order valence-corrected chi connectivity index (χ4v) is 2.48. The lowest BCUT2D eigenvalue weighted by Gasteiger charge is -2.07. The van der Waals surface area contributed by atoms with Gasteiger partial charge in [-0.2, -0.15) is 4.80 Å². The van der Waals surface area contributed by atoms with Crippen molar-refractivity contribution in [1.82, 2.24) is 20.2 Å². The molecule has 0 N–H and O–H groups in total. The highest BCUT2D eigenvalue weighted by atomic mass is 79.9. The minimum Gasteiger partial charge on any atom is -0.496 e. The molecule has 2 aromatic carbocycles. The Kier molecular flexibility index (Phi) is 4.15. The van der Waals surface area contributed by atoms with Crippen LogP contribution in [0.2, 0.25) is 0 Å². The SMILES string of the molecule is COc1ccc(Br)cc1Cn1nnc(-c2cccc(F)c2)n1. The van der Waals surface area contributed by atoms with Crippen LogP contribution in [-0.2, 0) is 6.54 Å². The Morgan fingerprint density at radius 1 is 1.23 bits per heavy atom. The first-order valence-electron chi connectivity index (χ1n) is 6.52. The van der Waals surface area contributed by atoms with Crippen LogP contribution in [0.3, 0.4) is 0 Å². The molecular formula is C15H12BrFN4O. The summed E-state index contributed by atoms with van der Waals surface area (Å²) in [5.74, 6) is 0.795. The van der Waals surface area contributed by atoms with E-state index in [1.165, 1.54) is 16.9 Å². The first-order valence-corrected chi connectivity index (χ1v) is 7.31. The van der Waals surface area contributed by atoms with Gasteiger partial charge in [-0.1, -0.05) is 28.1 Å². The van der Waals surface area contributed by atoms with Crippen LogP contribution in [0.5, 0.6) is 5.75 Å². The van der Waals surface area contributed by atoms with Crippen molar-refractivity contribution in [3.05, 3.63) is 58.3 Å². The molecule has 1 aromatic heterocycles. The van der Waals surface area contributed by atoms with Gasteiger partial charge in [-0.05, 0) is 35.5 Å². The molecule has 0 amide bonds. The van der Waals surface area contributed by atoms with E-state index in [0.29, 0.717) is 17.9 Å². The highest BCUT2D eigenvalue weighted by Crippen LogP contribution is 2.23. The van der Waals surface area contributed by atoms with E-state index in [4.69, 9.17) is 4.74 Å². The number of tetrazole rings is 1. The van der Waals surface area contributed by atoms with Gasteiger partial charge in [0.15, 0.2) is 0 Å². The summed E-state index contributed by atoms with van der Waals surface area (Å²) < 4.78 is 19.5. The molecule has 0 aliphatic heterocycles. The molecule has 0 unspecified atom stereocenters. The smallest absolute Gasteiger partial charge is 0.205 e. The van der Waals surface area contributed by atoms with Gasteiger partial charge in [-0.3, -0.25) is 0 Å². The molecule has 3 aromatic rings. The predicted octanol–water partition coefficient (Wildman–Crippen LogP) is 3.30. The molecule has 112 valence electrons. The molecule has 0 saturated heterocycles. The quantitative estimate of drug-likeness (QED) is 0.714. The van der Waals surface area contributed by atoms with E-state index in [2.05, 4.69) is 31.3 Å². The van der Waals surface area contributed by atoms with Gasteiger partial charge in [0, 0.05) is 15.6 Å². The zero-order chi connectivity index (χ0) is 15.5. The van der Waals surface area contributed by atoms with Gasteiger partial charge in [-0.15, -0.1) is 10.2 Å². The van der Waals surface area contributed by atoms with Crippen LogP contribution < -0.4 is 4.74 Å². The number of methoxy groups -OCH3 is 1. The molecule has 7 heteroatoms. The molecular weight excluding hydrogens is 351 g/mol. The molecule has 0 atom stereocenters. The van der Waals surface area contributed by atoms with E-state index >= 15 is 0 Å². The van der Waals surface area contributed by atoms with Gasteiger partial charge < -0.3 is 4.74 Å². The molecule has 0 aliphatic carbocycles. The number of ether oxygens (including phenoxy) is 1. The first kappa shape index (κ1) is 14.6. The number of rotatable bonds is 4. The van der Waals surface area contributed by atoms with Crippen molar-refractivity contribution in [2.24, 2.45) is 0 Å². The summed E-state index contributed by atoms with van der Waals surface area (Å²) in [6.07, 6.45) is 0. The Hall–Kier alpha value is -2.28. The van der Waals surface area contributed by atoms with E-state index in [9.17, 15) is 4.39 Å². The number of hydrogen-bond acceptors (Lipinski definition) is 4. The van der Waals surface area contributed by atoms with Gasteiger partial charge in [0.2, 0.25) is 5.82 Å². The fourth-order valence-electron chi connectivity index (χ4n) is 2.08. The van der Waals surface area contributed by atoms with E-state index in [0.717, 1.165) is 15.8 Å². The highest BCUT2D eigenvalue weighted by Gasteiger charge is 2.10. The number of aromatic nitrogens is 4. The van der Waals surface area contributed by atoms with Crippen molar-refractivity contribution >= 4 is 15.9 Å². The fraction of sp³-hybridized carbons (Fsp3) is 0.133. The average molecular weight is 363 g/mol. The van der Waals surface area contributed by atoms with E-state index in [-0.39, 0.29) is 5.82 Å². The Morgan fingerprint density at radius 3 is 2.86 bits per heavy atom. The third-order valence-corrected chi connectivity index (χ3v) is 3.58. The summed E-state index contributed by atoms with van der Waals surface area (Å²) >= 11 is 3.43. The molecule has 0 bridgehead atoms. The highest BCUT2D eigenvalue weighted by molar-refractivity contribution is 9.10. The maximum Gasteiger partial charge on any atom is 0.205 e. The van der Waals surface area contributed by atoms with E-state index in [1.54, 1.807) is 19.2 Å². The van der Waals surface area contributed by atoms with Crippen molar-refractivity contribution in [2.45, 2.75) is 6.54 Å². The largest absolute Gasteiger partial charge is 0.496 e. The third kappa shape index (κ3) is 3.14. The van der Waals surface area contributed by atoms with Gasteiger partial charge in [0.25, 0.3) is 0 Å². The lowest BCUT2D eigenvalue weighted by Crippen LogP contribution is -2.05. The molecule has 0 aliphatic rings. The summed E-state index contributed by atoms with van der Waals surface area (Å²) in [6.45, 7) is 0.408. The number of benzene rings is 2. The molecule has 0 saturated carbocycles. The average Bonchev–Trinajstić information content (AvgIpc) is 2.96. The molecule has 5 nitrogen and oxygen atoms in total. The predicted molar refractivity (Wildman–Crippen MR) is 83.0 cm³/mol. The van der Waals surface area contributed by atoms with Crippen LogP contribution in [-0.4, -0.2) is 27.3 Å². The Bertz CT molecular complexity index is 806. The summed E-state index contributed by atoms with van der Waals surface area (Å²) in [7, 11) is 1.61. The summed E-state index contributed by atoms with van der Waals surface area (Å²) in [5.41, 5.74) is 1.51. The second-order valence-corrected chi connectivity index (χ2v) is 5.53. The topological polar surface area (TPSA) is 52.8 Å². The number of nitrogens with zero attached hydrogens (tertiary/aromatic N) is 4. The molecule has 0 spiro atoms. The standard InChI is InChI=1S/C15H12BrFN4O/c1-22-14-6-5-12(16)7-11(14)9-21-19-15(18-20-21)10-3-2-4-13(17)8-10/h2-8H,9H2,1H3. The van der Waals surface area contributed by atoms with Gasteiger partial charge in [0.05, 0.1) is 13.7 Å². The van der Waals surface area contributed by atoms with Crippen LogP contribution in [0.25, 0.3) is 11.4 Å². The second kappa shape index (κ2) is 6.23. The Morgan fingerprint density at radius 2 is 2.09 bits per heavy atom. The normalized spacial score (nSPS) is 10.7. The molecule has 1 heterocycles. The van der Waals surface area contributed by atoms with Crippen LogP contribution in [0.1, 0.15) is 5.56 Å². The number of halogens is 2. The van der Waals surface area contributed by atoms with E-state index in [1.807, 2.05) is 18.2 Å². The van der Waals surface area contributed by atoms with Gasteiger partial charge in [-0.25, -0.2) is 4.39 Å². The molecule has 0 fully saturated rings. The maximum absolute atomic E-state index is 13.2. The van der Waals surface area contributed by atoms with Crippen LogP contribution in [0.4, 0.5) is 4.39 Å². The van der Waals surface area contributed by atoms with Crippen molar-refractivity contribution < 1.29 is 9.13 Å². The lowest BCUT2D eigenvalue weighted by atomic mass is 10.2. The zero-order valence-corrected chi connectivity index (χ0v) is 13.3. The summed E-state index contributed by atoms with van der Waals surface area (Å²) in [4.78, 5) is 1.45. The van der Waals surface area contributed by atoms with Crippen molar-refractivity contribution in [3.63, 3.8) is 0 Å². The zero-order valence-electron chi connectivity index (χ0n) is 11.7. The molecule has 22 heavy (non-hydrogen) atoms. The third-order valence-electron chi connectivity index (χ3n) is 3.09. The molecule has 3 rings (SSSR count). The summed E-state index contributed by atoms with van der Waals surface area (Å²) in [6, 6.07) is 11.8. The van der Waals surface area contributed by atoms with Crippen LogP contribution in [0.15, 0.2) is 46.9 Å². The van der Waals surface area contributed by atoms with E-state index < -0.39 is 0 Å². The van der Waals surface area contributed by atoms with Crippen molar-refractivity contribution in [1.29, 1.82) is 0 Å².